The van der Waals surface area contributed by atoms with Gasteiger partial charge in [-0.25, -0.2) is 0 Å². The first-order valence-corrected chi connectivity index (χ1v) is 2.73. The van der Waals surface area contributed by atoms with Crippen LogP contribution in [-0.2, 0) is 4.84 Å². The van der Waals surface area contributed by atoms with Crippen LogP contribution in [0.15, 0.2) is 17.4 Å². The quantitative estimate of drug-likeness (QED) is 0.449. The van der Waals surface area contributed by atoms with Gasteiger partial charge in [-0.05, 0) is 19.2 Å². The average Bonchev–Trinajstić information content (AvgIpc) is 1.85. The lowest BCUT2D eigenvalue weighted by atomic mass is 10.4. The second-order valence-electron chi connectivity index (χ2n) is 1.54. The van der Waals surface area contributed by atoms with Gasteiger partial charge in [0.2, 0.25) is 0 Å². The summed E-state index contributed by atoms with van der Waals surface area (Å²) in [5.74, 6) is 0. The highest BCUT2D eigenvalue weighted by Gasteiger charge is 1.78. The van der Waals surface area contributed by atoms with Crippen molar-refractivity contribution < 1.29 is 4.84 Å². The number of allylic oxidation sites excluding steroid dienone is 1. The zero-order chi connectivity index (χ0) is 7.11. The summed E-state index contributed by atoms with van der Waals surface area (Å²) in [5, 5.41) is 6.49. The number of oxime groups is 1. The minimum Gasteiger partial charge on any atom is -0.399 e. The van der Waals surface area contributed by atoms with Crippen molar-refractivity contribution in [2.24, 2.45) is 5.16 Å². The zero-order valence-corrected chi connectivity index (χ0v) is 6.01. The van der Waals surface area contributed by atoms with Gasteiger partial charge in [0.25, 0.3) is 0 Å². The maximum atomic E-state index is 4.51. The lowest BCUT2D eigenvalue weighted by molar-refractivity contribution is 0.213. The van der Waals surface area contributed by atoms with Crippen LogP contribution >= 0.6 is 0 Å². The molecular weight excluding hydrogens is 116 g/mol. The molecule has 0 aliphatic carbocycles. The molecule has 3 nitrogen and oxygen atoms in total. The summed E-state index contributed by atoms with van der Waals surface area (Å²) in [6.07, 6.45) is 3.61. The van der Waals surface area contributed by atoms with Crippen LogP contribution in [0.5, 0.6) is 0 Å². The molecule has 0 spiro atoms. The molecule has 0 unspecified atom stereocenters. The van der Waals surface area contributed by atoms with Gasteiger partial charge >= 0.3 is 0 Å². The molecule has 0 aliphatic heterocycles. The van der Waals surface area contributed by atoms with Crippen molar-refractivity contribution in [3.8, 4) is 0 Å². The summed E-state index contributed by atoms with van der Waals surface area (Å²) in [5.41, 5.74) is 0.840. The highest BCUT2D eigenvalue weighted by molar-refractivity contribution is 5.92. The van der Waals surface area contributed by atoms with E-state index in [0.29, 0.717) is 0 Å². The van der Waals surface area contributed by atoms with Gasteiger partial charge < -0.3 is 10.2 Å². The first kappa shape index (κ1) is 8.01. The highest BCUT2D eigenvalue weighted by Crippen LogP contribution is 1.78. The van der Waals surface area contributed by atoms with E-state index in [4.69, 9.17) is 0 Å². The molecule has 0 fully saturated rings. The van der Waals surface area contributed by atoms with Crippen LogP contribution in [0.1, 0.15) is 6.92 Å². The number of hydrogen-bond donors (Lipinski definition) is 1. The average molecular weight is 128 g/mol. The standard InChI is InChI=1S/C6H12N2O/c1-6(8-9-3)4-5-7-2/h4-5,7H,1-3H3/b5-4-,8-6+. The van der Waals surface area contributed by atoms with Crippen molar-refractivity contribution in [2.45, 2.75) is 6.92 Å². The minimum atomic E-state index is 0.840. The van der Waals surface area contributed by atoms with Gasteiger partial charge in [-0.3, -0.25) is 0 Å². The summed E-state index contributed by atoms with van der Waals surface area (Å²) in [6.45, 7) is 1.86. The van der Waals surface area contributed by atoms with Crippen LogP contribution in [0, 0.1) is 0 Å². The molecule has 0 saturated carbocycles. The predicted molar refractivity (Wildman–Crippen MR) is 38.3 cm³/mol. The number of nitrogens with one attached hydrogen (secondary N) is 1. The van der Waals surface area contributed by atoms with Crippen molar-refractivity contribution in [2.75, 3.05) is 14.2 Å². The topological polar surface area (TPSA) is 33.6 Å². The fraction of sp³-hybridized carbons (Fsp3) is 0.500. The molecule has 9 heavy (non-hydrogen) atoms. The van der Waals surface area contributed by atoms with Gasteiger partial charge in [0, 0.05) is 7.05 Å². The Morgan fingerprint density at radius 2 is 2.33 bits per heavy atom. The van der Waals surface area contributed by atoms with Crippen molar-refractivity contribution >= 4 is 5.71 Å². The fourth-order valence-electron chi connectivity index (χ4n) is 0.378. The highest BCUT2D eigenvalue weighted by atomic mass is 16.6. The summed E-state index contributed by atoms with van der Waals surface area (Å²) < 4.78 is 0. The summed E-state index contributed by atoms with van der Waals surface area (Å²) in [6, 6.07) is 0. The second-order valence-corrected chi connectivity index (χ2v) is 1.54. The van der Waals surface area contributed by atoms with E-state index in [1.165, 1.54) is 7.11 Å². The van der Waals surface area contributed by atoms with Gasteiger partial charge in [-0.2, -0.15) is 0 Å². The van der Waals surface area contributed by atoms with E-state index >= 15 is 0 Å². The van der Waals surface area contributed by atoms with Crippen molar-refractivity contribution in [3.63, 3.8) is 0 Å². The smallest absolute Gasteiger partial charge is 0.106 e. The van der Waals surface area contributed by atoms with Gasteiger partial charge in [0.05, 0.1) is 5.71 Å². The number of rotatable bonds is 3. The molecular formula is C6H12N2O. The third-order valence-corrected chi connectivity index (χ3v) is 0.726. The molecule has 0 heterocycles. The van der Waals surface area contributed by atoms with Crippen LogP contribution in [0.25, 0.3) is 0 Å². The third kappa shape index (κ3) is 4.87. The van der Waals surface area contributed by atoms with E-state index in [1.807, 2.05) is 20.0 Å². The summed E-state index contributed by atoms with van der Waals surface area (Å²) in [4.78, 5) is 4.51. The normalized spacial score (nSPS) is 12.1. The van der Waals surface area contributed by atoms with Crippen LogP contribution < -0.4 is 5.32 Å². The van der Waals surface area contributed by atoms with Crippen molar-refractivity contribution in [1.29, 1.82) is 0 Å². The molecule has 0 bridgehead atoms. The SMILES string of the molecule is CN/C=C\C(C)=N\OC. The van der Waals surface area contributed by atoms with Crippen molar-refractivity contribution in [1.82, 2.24) is 5.32 Å². The Morgan fingerprint density at radius 3 is 2.78 bits per heavy atom. The van der Waals surface area contributed by atoms with Gasteiger partial charge in [-0.1, -0.05) is 5.16 Å². The molecule has 0 amide bonds. The Hall–Kier alpha value is -0.990. The molecule has 0 aromatic carbocycles. The van der Waals surface area contributed by atoms with E-state index in [0.717, 1.165) is 5.71 Å². The van der Waals surface area contributed by atoms with Gasteiger partial charge in [-0.15, -0.1) is 0 Å². The summed E-state index contributed by atoms with van der Waals surface area (Å²) >= 11 is 0. The molecule has 3 heteroatoms. The van der Waals surface area contributed by atoms with E-state index < -0.39 is 0 Å². The van der Waals surface area contributed by atoms with Gasteiger partial charge in [0.15, 0.2) is 0 Å². The monoisotopic (exact) mass is 128 g/mol. The third-order valence-electron chi connectivity index (χ3n) is 0.726. The fourth-order valence-corrected chi connectivity index (χ4v) is 0.378. The molecule has 52 valence electrons. The second kappa shape index (κ2) is 5.15. The van der Waals surface area contributed by atoms with E-state index in [9.17, 15) is 0 Å². The maximum Gasteiger partial charge on any atom is 0.106 e. The van der Waals surface area contributed by atoms with Crippen LogP contribution in [0.2, 0.25) is 0 Å². The van der Waals surface area contributed by atoms with E-state index in [1.54, 1.807) is 6.20 Å². The van der Waals surface area contributed by atoms with Gasteiger partial charge in [0.1, 0.15) is 7.11 Å². The molecule has 0 atom stereocenters. The molecule has 1 N–H and O–H groups in total. The minimum absolute atomic E-state index is 0.840. The largest absolute Gasteiger partial charge is 0.399 e. The van der Waals surface area contributed by atoms with E-state index in [2.05, 4.69) is 15.3 Å². The molecule has 0 aromatic heterocycles. The Bertz CT molecular complexity index is 118. The Labute approximate surface area is 55.4 Å². The molecule has 0 saturated heterocycles. The zero-order valence-electron chi connectivity index (χ0n) is 6.01. The lowest BCUT2D eigenvalue weighted by Crippen LogP contribution is -1.94. The Kier molecular flexibility index (Phi) is 4.59. The van der Waals surface area contributed by atoms with Crippen LogP contribution in [0.3, 0.4) is 0 Å². The van der Waals surface area contributed by atoms with E-state index in [-0.39, 0.29) is 0 Å². The first-order chi connectivity index (χ1) is 4.31. The van der Waals surface area contributed by atoms with Crippen LogP contribution in [0.4, 0.5) is 0 Å². The summed E-state index contributed by atoms with van der Waals surface area (Å²) in [7, 11) is 3.35. The Morgan fingerprint density at radius 1 is 1.67 bits per heavy atom. The molecule has 0 aromatic rings. The molecule has 0 radical (unpaired) electrons. The molecule has 0 aliphatic rings. The predicted octanol–water partition coefficient (Wildman–Crippen LogP) is 0.742. The number of hydrogen-bond acceptors (Lipinski definition) is 3. The first-order valence-electron chi connectivity index (χ1n) is 2.73. The Balaban J connectivity index is 3.60. The number of nitrogens with zero attached hydrogens (tertiary/aromatic N) is 1. The van der Waals surface area contributed by atoms with Crippen LogP contribution in [-0.4, -0.2) is 19.9 Å². The molecule has 0 rings (SSSR count). The maximum absolute atomic E-state index is 4.51. The lowest BCUT2D eigenvalue weighted by Gasteiger charge is -1.88. The van der Waals surface area contributed by atoms with Crippen molar-refractivity contribution in [3.05, 3.63) is 12.3 Å².